The van der Waals surface area contributed by atoms with E-state index in [0.717, 1.165) is 12.1 Å². The molecule has 0 spiro atoms. The number of rotatable bonds is 5. The normalized spacial score (nSPS) is 13.1. The lowest BCUT2D eigenvalue weighted by molar-refractivity contribution is 0.0901. The zero-order valence-corrected chi connectivity index (χ0v) is 12.8. The molecule has 0 bridgehead atoms. The molecule has 1 aromatic rings. The van der Waals surface area contributed by atoms with Crippen LogP contribution in [0.4, 0.5) is 4.39 Å². The van der Waals surface area contributed by atoms with Gasteiger partial charge in [0.2, 0.25) is 0 Å². The van der Waals surface area contributed by atoms with Crippen LogP contribution in [-0.4, -0.2) is 34.1 Å². The highest BCUT2D eigenvalue weighted by molar-refractivity contribution is 8.13. The number of aryl methyl sites for hydroxylation is 1. The zero-order valence-electron chi connectivity index (χ0n) is 11.2. The highest BCUT2D eigenvalue weighted by Crippen LogP contribution is 2.23. The van der Waals surface area contributed by atoms with Crippen LogP contribution in [0.3, 0.4) is 0 Å². The third kappa shape index (κ3) is 4.16. The van der Waals surface area contributed by atoms with Gasteiger partial charge < -0.3 is 10.1 Å². The first kappa shape index (κ1) is 16.9. The molecule has 112 valence electrons. The van der Waals surface area contributed by atoms with Crippen LogP contribution >= 0.6 is 10.7 Å². The lowest BCUT2D eigenvalue weighted by atomic mass is 10.1. The van der Waals surface area contributed by atoms with E-state index in [9.17, 15) is 17.6 Å². The number of nitrogens with one attached hydrogen (secondary N) is 1. The molecule has 1 atom stereocenters. The van der Waals surface area contributed by atoms with Crippen molar-refractivity contribution in [3.63, 3.8) is 0 Å². The maximum atomic E-state index is 13.8. The quantitative estimate of drug-likeness (QED) is 0.839. The Morgan fingerprint density at radius 2 is 2.10 bits per heavy atom. The predicted molar refractivity (Wildman–Crippen MR) is 73.0 cm³/mol. The summed E-state index contributed by atoms with van der Waals surface area (Å²) in [5.41, 5.74) is -0.239. The number of ether oxygens (including phenoxy) is 1. The van der Waals surface area contributed by atoms with E-state index in [-0.39, 0.29) is 28.7 Å². The number of hydrogen-bond donors (Lipinski definition) is 1. The van der Waals surface area contributed by atoms with E-state index in [1.165, 1.54) is 14.0 Å². The van der Waals surface area contributed by atoms with Gasteiger partial charge in [-0.3, -0.25) is 4.79 Å². The lowest BCUT2D eigenvalue weighted by Gasteiger charge is -2.14. The van der Waals surface area contributed by atoms with Gasteiger partial charge >= 0.3 is 0 Å². The van der Waals surface area contributed by atoms with Crippen molar-refractivity contribution in [3.8, 4) is 0 Å². The molecule has 20 heavy (non-hydrogen) atoms. The third-order valence-electron chi connectivity index (χ3n) is 2.57. The minimum absolute atomic E-state index is 0.138. The molecule has 0 aliphatic heterocycles. The number of halogens is 2. The van der Waals surface area contributed by atoms with E-state index in [2.05, 4.69) is 5.32 Å². The second-order valence-corrected chi connectivity index (χ2v) is 6.90. The summed E-state index contributed by atoms with van der Waals surface area (Å²) in [6, 6.07) is 1.55. The van der Waals surface area contributed by atoms with Gasteiger partial charge in [-0.25, -0.2) is 12.8 Å². The molecule has 0 radical (unpaired) electrons. The Balaban J connectivity index is 3.16. The smallest absolute Gasteiger partial charge is 0.261 e. The molecular formula is C12H15ClFNO4S. The Bertz CT molecular complexity index is 618. The number of carbonyl (C=O) groups excluding carboxylic acids is 1. The van der Waals surface area contributed by atoms with Crippen LogP contribution in [0.5, 0.6) is 0 Å². The number of methoxy groups -OCH3 is 1. The Morgan fingerprint density at radius 3 is 2.60 bits per heavy atom. The van der Waals surface area contributed by atoms with Gasteiger partial charge in [0.15, 0.2) is 0 Å². The molecule has 0 saturated carbocycles. The molecule has 5 nitrogen and oxygen atoms in total. The molecule has 0 heterocycles. The Hall–Kier alpha value is -1.18. The van der Waals surface area contributed by atoms with E-state index in [4.69, 9.17) is 15.4 Å². The summed E-state index contributed by atoms with van der Waals surface area (Å²) in [7, 11) is 2.67. The SMILES string of the molecule is COCC(C)NC(=O)c1cc(S(=O)(=O)Cl)c(C)cc1F. The second-order valence-electron chi connectivity index (χ2n) is 4.37. The molecule has 0 aliphatic rings. The van der Waals surface area contributed by atoms with Crippen molar-refractivity contribution in [2.24, 2.45) is 0 Å². The lowest BCUT2D eigenvalue weighted by Crippen LogP contribution is -2.36. The van der Waals surface area contributed by atoms with Crippen molar-refractivity contribution >= 4 is 25.6 Å². The van der Waals surface area contributed by atoms with E-state index >= 15 is 0 Å². The summed E-state index contributed by atoms with van der Waals surface area (Å²) in [4.78, 5) is 11.6. The van der Waals surface area contributed by atoms with Gasteiger partial charge in [-0.05, 0) is 31.5 Å². The van der Waals surface area contributed by atoms with Crippen LogP contribution in [0.15, 0.2) is 17.0 Å². The van der Waals surface area contributed by atoms with Crippen molar-refractivity contribution in [1.29, 1.82) is 0 Å². The van der Waals surface area contributed by atoms with Gasteiger partial charge in [-0.1, -0.05) is 0 Å². The molecule has 0 aromatic heterocycles. The van der Waals surface area contributed by atoms with Gasteiger partial charge in [-0.2, -0.15) is 0 Å². The molecule has 0 saturated heterocycles. The molecule has 1 aromatic carbocycles. The van der Waals surface area contributed by atoms with Crippen molar-refractivity contribution in [2.75, 3.05) is 13.7 Å². The number of benzene rings is 1. The van der Waals surface area contributed by atoms with Crippen LogP contribution in [0, 0.1) is 12.7 Å². The van der Waals surface area contributed by atoms with Gasteiger partial charge in [0.25, 0.3) is 15.0 Å². The van der Waals surface area contributed by atoms with E-state index in [0.29, 0.717) is 0 Å². The van der Waals surface area contributed by atoms with Crippen molar-refractivity contribution in [3.05, 3.63) is 29.1 Å². The fourth-order valence-corrected chi connectivity index (χ4v) is 2.88. The minimum Gasteiger partial charge on any atom is -0.383 e. The third-order valence-corrected chi connectivity index (χ3v) is 4.03. The number of amides is 1. The number of carbonyl (C=O) groups is 1. The average molecular weight is 324 g/mol. The molecule has 1 unspecified atom stereocenters. The summed E-state index contributed by atoms with van der Waals surface area (Å²) in [5.74, 6) is -1.54. The monoisotopic (exact) mass is 323 g/mol. The van der Waals surface area contributed by atoms with Crippen LogP contribution in [-0.2, 0) is 13.8 Å². The van der Waals surface area contributed by atoms with E-state index < -0.39 is 20.8 Å². The molecular weight excluding hydrogens is 309 g/mol. The largest absolute Gasteiger partial charge is 0.383 e. The summed E-state index contributed by atoms with van der Waals surface area (Å²) in [5, 5.41) is 2.49. The first-order chi connectivity index (χ1) is 9.16. The summed E-state index contributed by atoms with van der Waals surface area (Å²) < 4.78 is 41.3. The topological polar surface area (TPSA) is 72.5 Å². The van der Waals surface area contributed by atoms with Crippen molar-refractivity contribution in [2.45, 2.75) is 24.8 Å². The predicted octanol–water partition coefficient (Wildman–Crippen LogP) is 1.83. The second kappa shape index (κ2) is 6.51. The molecule has 0 aliphatic carbocycles. The van der Waals surface area contributed by atoms with Gasteiger partial charge in [0.1, 0.15) is 5.82 Å². The standard InChI is InChI=1S/C12H15ClFNO4S/c1-7-4-10(14)9(5-11(7)20(13,17)18)12(16)15-8(2)6-19-3/h4-5,8H,6H2,1-3H3,(H,15,16). The van der Waals surface area contributed by atoms with E-state index in [1.54, 1.807) is 6.92 Å². The Morgan fingerprint density at radius 1 is 1.50 bits per heavy atom. The Labute approximate surface area is 121 Å². The van der Waals surface area contributed by atoms with Crippen molar-refractivity contribution in [1.82, 2.24) is 5.32 Å². The average Bonchev–Trinajstić information content (AvgIpc) is 2.26. The van der Waals surface area contributed by atoms with E-state index in [1.807, 2.05) is 0 Å². The van der Waals surface area contributed by atoms with Crippen LogP contribution < -0.4 is 5.32 Å². The Kier molecular flexibility index (Phi) is 5.50. The highest BCUT2D eigenvalue weighted by Gasteiger charge is 2.21. The van der Waals surface area contributed by atoms with Gasteiger partial charge in [0.05, 0.1) is 17.1 Å². The fourth-order valence-electron chi connectivity index (χ4n) is 1.68. The number of hydrogen-bond acceptors (Lipinski definition) is 4. The zero-order chi connectivity index (χ0) is 15.5. The van der Waals surface area contributed by atoms with Crippen molar-refractivity contribution < 1.29 is 22.3 Å². The summed E-state index contributed by atoms with van der Waals surface area (Å²) >= 11 is 0. The molecule has 8 heteroatoms. The summed E-state index contributed by atoms with van der Waals surface area (Å²) in [6.07, 6.45) is 0. The summed E-state index contributed by atoms with van der Waals surface area (Å²) in [6.45, 7) is 3.32. The minimum atomic E-state index is -4.04. The first-order valence-corrected chi connectivity index (χ1v) is 8.02. The van der Waals surface area contributed by atoms with Crippen LogP contribution in [0.1, 0.15) is 22.8 Å². The van der Waals surface area contributed by atoms with Crippen LogP contribution in [0.25, 0.3) is 0 Å². The maximum Gasteiger partial charge on any atom is 0.261 e. The fraction of sp³-hybridized carbons (Fsp3) is 0.417. The van der Waals surface area contributed by atoms with Gasteiger partial charge in [0, 0.05) is 23.8 Å². The molecule has 1 N–H and O–H groups in total. The van der Waals surface area contributed by atoms with Crippen LogP contribution in [0.2, 0.25) is 0 Å². The first-order valence-electron chi connectivity index (χ1n) is 5.71. The highest BCUT2D eigenvalue weighted by atomic mass is 35.7. The molecule has 1 amide bonds. The van der Waals surface area contributed by atoms with Gasteiger partial charge in [-0.15, -0.1) is 0 Å². The molecule has 1 rings (SSSR count). The molecule has 0 fully saturated rings. The maximum absolute atomic E-state index is 13.8.